The Morgan fingerprint density at radius 1 is 1.35 bits per heavy atom. The maximum absolute atomic E-state index is 3.52. The summed E-state index contributed by atoms with van der Waals surface area (Å²) in [5.41, 5.74) is 1.45. The summed E-state index contributed by atoms with van der Waals surface area (Å²) in [5, 5.41) is 3.52. The molecule has 0 amide bonds. The van der Waals surface area contributed by atoms with Crippen molar-refractivity contribution in [3.05, 3.63) is 35.9 Å². The van der Waals surface area contributed by atoms with Crippen LogP contribution in [0.1, 0.15) is 38.3 Å². The van der Waals surface area contributed by atoms with Crippen molar-refractivity contribution in [1.82, 2.24) is 10.2 Å². The summed E-state index contributed by atoms with van der Waals surface area (Å²) in [6.07, 6.45) is 2.57. The minimum absolute atomic E-state index is 0.548. The zero-order chi connectivity index (χ0) is 12.1. The highest BCUT2D eigenvalue weighted by molar-refractivity contribution is 5.20. The van der Waals surface area contributed by atoms with Crippen molar-refractivity contribution in [3.63, 3.8) is 0 Å². The van der Waals surface area contributed by atoms with Crippen LogP contribution in [0.2, 0.25) is 0 Å². The number of benzene rings is 1. The Hall–Kier alpha value is -0.860. The van der Waals surface area contributed by atoms with Crippen LogP contribution < -0.4 is 5.32 Å². The summed E-state index contributed by atoms with van der Waals surface area (Å²) in [4.78, 5) is 2.66. The average molecular weight is 232 g/mol. The number of nitrogens with zero attached hydrogens (tertiary/aromatic N) is 1. The molecule has 2 rings (SSSR count). The van der Waals surface area contributed by atoms with Crippen molar-refractivity contribution in [3.8, 4) is 0 Å². The molecule has 0 spiro atoms. The number of rotatable bonds is 4. The van der Waals surface area contributed by atoms with Gasteiger partial charge in [0.2, 0.25) is 0 Å². The highest BCUT2D eigenvalue weighted by Crippen LogP contribution is 2.25. The molecular weight excluding hydrogens is 208 g/mol. The van der Waals surface area contributed by atoms with Crippen LogP contribution >= 0.6 is 0 Å². The number of piperazine rings is 1. The minimum Gasteiger partial charge on any atom is -0.314 e. The van der Waals surface area contributed by atoms with Gasteiger partial charge in [-0.25, -0.2) is 0 Å². The number of nitrogens with one attached hydrogen (secondary N) is 1. The minimum atomic E-state index is 0.548. The van der Waals surface area contributed by atoms with Crippen molar-refractivity contribution >= 4 is 0 Å². The van der Waals surface area contributed by atoms with Gasteiger partial charge in [0.1, 0.15) is 0 Å². The van der Waals surface area contributed by atoms with E-state index in [9.17, 15) is 0 Å². The van der Waals surface area contributed by atoms with Gasteiger partial charge < -0.3 is 5.32 Å². The zero-order valence-electron chi connectivity index (χ0n) is 11.0. The molecule has 1 aliphatic heterocycles. The zero-order valence-corrected chi connectivity index (χ0v) is 11.0. The molecule has 1 heterocycles. The van der Waals surface area contributed by atoms with Crippen molar-refractivity contribution < 1.29 is 0 Å². The molecule has 1 fully saturated rings. The van der Waals surface area contributed by atoms with Crippen LogP contribution in [0, 0.1) is 0 Å². The second-order valence-electron chi connectivity index (χ2n) is 5.01. The summed E-state index contributed by atoms with van der Waals surface area (Å²) in [5.74, 6) is 0. The Balaban J connectivity index is 2.12. The lowest BCUT2D eigenvalue weighted by Gasteiger charge is -2.40. The van der Waals surface area contributed by atoms with Crippen LogP contribution in [-0.4, -0.2) is 30.6 Å². The molecule has 2 nitrogen and oxygen atoms in total. The van der Waals surface area contributed by atoms with Crippen molar-refractivity contribution in [2.24, 2.45) is 0 Å². The van der Waals surface area contributed by atoms with E-state index in [1.807, 2.05) is 0 Å². The lowest BCUT2D eigenvalue weighted by Crippen LogP contribution is -2.49. The van der Waals surface area contributed by atoms with E-state index in [1.165, 1.54) is 24.9 Å². The lowest BCUT2D eigenvalue weighted by molar-refractivity contribution is 0.109. The van der Waals surface area contributed by atoms with Crippen LogP contribution in [0.5, 0.6) is 0 Å². The molecule has 0 saturated carbocycles. The summed E-state index contributed by atoms with van der Waals surface area (Å²) in [6, 6.07) is 12.1. The molecule has 0 aromatic heterocycles. The Morgan fingerprint density at radius 3 is 2.82 bits per heavy atom. The molecule has 0 aliphatic carbocycles. The molecule has 1 N–H and O–H groups in total. The summed E-state index contributed by atoms with van der Waals surface area (Å²) in [6.45, 7) is 8.01. The third kappa shape index (κ3) is 3.08. The van der Waals surface area contributed by atoms with Crippen molar-refractivity contribution in [2.45, 2.75) is 38.8 Å². The number of hydrogen-bond donors (Lipinski definition) is 1. The Morgan fingerprint density at radius 2 is 2.12 bits per heavy atom. The van der Waals surface area contributed by atoms with Gasteiger partial charge in [-0.3, -0.25) is 4.90 Å². The summed E-state index contributed by atoms with van der Waals surface area (Å²) < 4.78 is 0. The molecule has 1 saturated heterocycles. The van der Waals surface area contributed by atoms with E-state index in [1.54, 1.807) is 0 Å². The first-order chi connectivity index (χ1) is 8.33. The van der Waals surface area contributed by atoms with Gasteiger partial charge in [-0.2, -0.15) is 0 Å². The quantitative estimate of drug-likeness (QED) is 0.858. The molecule has 2 heteroatoms. The normalized spacial score (nSPS) is 23.5. The molecule has 0 bridgehead atoms. The fourth-order valence-corrected chi connectivity index (χ4v) is 2.82. The molecule has 2 unspecified atom stereocenters. The van der Waals surface area contributed by atoms with Crippen molar-refractivity contribution in [2.75, 3.05) is 19.6 Å². The Labute approximate surface area is 105 Å². The van der Waals surface area contributed by atoms with Gasteiger partial charge >= 0.3 is 0 Å². The van der Waals surface area contributed by atoms with E-state index in [2.05, 4.69) is 54.4 Å². The Kier molecular flexibility index (Phi) is 4.57. The van der Waals surface area contributed by atoms with Crippen molar-refractivity contribution in [1.29, 1.82) is 0 Å². The monoisotopic (exact) mass is 232 g/mol. The molecule has 1 aromatic carbocycles. The van der Waals surface area contributed by atoms with Crippen LogP contribution in [-0.2, 0) is 0 Å². The van der Waals surface area contributed by atoms with E-state index >= 15 is 0 Å². The SMILES string of the molecule is CCCC(C)N1CCNCC1c1ccccc1. The predicted molar refractivity (Wildman–Crippen MR) is 73.1 cm³/mol. The molecule has 1 aliphatic rings. The molecule has 1 aromatic rings. The molecular formula is C15H24N2. The van der Waals surface area contributed by atoms with Gasteiger partial charge in [-0.15, -0.1) is 0 Å². The van der Waals surface area contributed by atoms with Crippen LogP contribution in [0.15, 0.2) is 30.3 Å². The molecule has 94 valence electrons. The summed E-state index contributed by atoms with van der Waals surface area (Å²) in [7, 11) is 0. The smallest absolute Gasteiger partial charge is 0.0476 e. The van der Waals surface area contributed by atoms with Crippen LogP contribution in [0.3, 0.4) is 0 Å². The largest absolute Gasteiger partial charge is 0.314 e. The fraction of sp³-hybridized carbons (Fsp3) is 0.600. The van der Waals surface area contributed by atoms with Gasteiger partial charge in [0.25, 0.3) is 0 Å². The molecule has 0 radical (unpaired) electrons. The topological polar surface area (TPSA) is 15.3 Å². The van der Waals surface area contributed by atoms with Crippen LogP contribution in [0.4, 0.5) is 0 Å². The molecule has 2 atom stereocenters. The van der Waals surface area contributed by atoms with E-state index in [4.69, 9.17) is 0 Å². The lowest BCUT2D eigenvalue weighted by atomic mass is 10.00. The predicted octanol–water partition coefficient (Wildman–Crippen LogP) is 2.82. The highest BCUT2D eigenvalue weighted by Gasteiger charge is 2.26. The third-order valence-electron chi connectivity index (χ3n) is 3.74. The third-order valence-corrected chi connectivity index (χ3v) is 3.74. The fourth-order valence-electron chi connectivity index (χ4n) is 2.82. The first-order valence-corrected chi connectivity index (χ1v) is 6.84. The first kappa shape index (κ1) is 12.6. The standard InChI is InChI=1S/C15H24N2/c1-3-7-13(2)17-11-10-16-12-15(17)14-8-5-4-6-9-14/h4-6,8-9,13,15-16H,3,7,10-12H2,1-2H3. The number of hydrogen-bond acceptors (Lipinski definition) is 2. The van der Waals surface area contributed by atoms with Gasteiger partial charge in [0.05, 0.1) is 0 Å². The van der Waals surface area contributed by atoms with Gasteiger partial charge in [0.15, 0.2) is 0 Å². The second kappa shape index (κ2) is 6.18. The van der Waals surface area contributed by atoms with Gasteiger partial charge in [-0.05, 0) is 18.9 Å². The highest BCUT2D eigenvalue weighted by atomic mass is 15.2. The second-order valence-corrected chi connectivity index (χ2v) is 5.01. The van der Waals surface area contributed by atoms with E-state index < -0.39 is 0 Å². The van der Waals surface area contributed by atoms with E-state index in [0.717, 1.165) is 13.1 Å². The summed E-state index contributed by atoms with van der Waals surface area (Å²) >= 11 is 0. The Bertz CT molecular complexity index is 323. The van der Waals surface area contributed by atoms with E-state index in [-0.39, 0.29) is 0 Å². The average Bonchev–Trinajstić information content (AvgIpc) is 2.40. The maximum Gasteiger partial charge on any atom is 0.0476 e. The van der Waals surface area contributed by atoms with Gasteiger partial charge in [-0.1, -0.05) is 43.7 Å². The maximum atomic E-state index is 3.52. The van der Waals surface area contributed by atoms with Crippen LogP contribution in [0.25, 0.3) is 0 Å². The molecule has 17 heavy (non-hydrogen) atoms. The van der Waals surface area contributed by atoms with Gasteiger partial charge in [0, 0.05) is 31.7 Å². The van der Waals surface area contributed by atoms with E-state index in [0.29, 0.717) is 12.1 Å². The first-order valence-electron chi connectivity index (χ1n) is 6.84.